The molecular weight excluding hydrogens is 192 g/mol. The normalized spacial score (nSPS) is 13.4. The van der Waals surface area contributed by atoms with E-state index in [0.717, 1.165) is 0 Å². The Morgan fingerprint density at radius 2 is 2.14 bits per heavy atom. The lowest BCUT2D eigenvalue weighted by Gasteiger charge is -2.06. The Morgan fingerprint density at radius 3 is 2.64 bits per heavy atom. The topological polar surface area (TPSA) is 15.3 Å². The van der Waals surface area contributed by atoms with Crippen molar-refractivity contribution in [3.8, 4) is 0 Å². The summed E-state index contributed by atoms with van der Waals surface area (Å²) in [6.07, 6.45) is 4.34. The van der Waals surface area contributed by atoms with Crippen molar-refractivity contribution in [2.24, 2.45) is 0 Å². The number of anilines is 1. The van der Waals surface area contributed by atoms with Crippen LogP contribution in [0, 0.1) is 0 Å². The van der Waals surface area contributed by atoms with Gasteiger partial charge in [-0.2, -0.15) is 0 Å². The van der Waals surface area contributed by atoms with Gasteiger partial charge in [0.1, 0.15) is 0 Å². The Hall–Kier alpha value is -0.800. The van der Waals surface area contributed by atoms with E-state index in [-0.39, 0.29) is 0 Å². The van der Waals surface area contributed by atoms with Crippen molar-refractivity contribution in [2.45, 2.75) is 13.0 Å². The van der Waals surface area contributed by atoms with Crippen LogP contribution >= 0.6 is 11.3 Å². The lowest BCUT2D eigenvalue weighted by Crippen LogP contribution is -2.17. The van der Waals surface area contributed by atoms with Gasteiger partial charge in [-0.3, -0.25) is 0 Å². The number of nitrogens with zero attached hydrogens (tertiary/aromatic N) is 1. The maximum absolute atomic E-state index is 3.17. The monoisotopic (exact) mass is 210 g/mol. The fourth-order valence-corrected chi connectivity index (χ4v) is 1.85. The Bertz CT molecular complexity index is 302. The average Bonchev–Trinajstić information content (AvgIpc) is 2.62. The molecule has 0 spiro atoms. The summed E-state index contributed by atoms with van der Waals surface area (Å²) in [5, 5.41) is 4.47. The van der Waals surface area contributed by atoms with Crippen molar-refractivity contribution in [2.75, 3.05) is 26.0 Å². The first-order chi connectivity index (χ1) is 6.63. The second kappa shape index (κ2) is 5.17. The van der Waals surface area contributed by atoms with Gasteiger partial charge >= 0.3 is 0 Å². The molecule has 1 heterocycles. The first-order valence-electron chi connectivity index (χ1n) is 4.76. The van der Waals surface area contributed by atoms with E-state index < -0.39 is 0 Å². The van der Waals surface area contributed by atoms with E-state index in [1.807, 2.05) is 7.05 Å². The average molecular weight is 210 g/mol. The van der Waals surface area contributed by atoms with Gasteiger partial charge in [0.15, 0.2) is 0 Å². The zero-order chi connectivity index (χ0) is 10.6. The highest BCUT2D eigenvalue weighted by atomic mass is 32.1. The summed E-state index contributed by atoms with van der Waals surface area (Å²) in [6, 6.07) is 4.73. The molecule has 0 aliphatic rings. The maximum atomic E-state index is 3.17. The van der Waals surface area contributed by atoms with E-state index >= 15 is 0 Å². The molecule has 3 heteroatoms. The number of likely N-dealkylation sites (N-methyl/N-ethyl adjacent to an activating group) is 1. The first kappa shape index (κ1) is 11.3. The third-order valence-electron chi connectivity index (χ3n) is 2.06. The van der Waals surface area contributed by atoms with Crippen LogP contribution in [-0.4, -0.2) is 27.2 Å². The molecule has 0 amide bonds. The Balaban J connectivity index is 2.64. The van der Waals surface area contributed by atoms with Gasteiger partial charge in [0.25, 0.3) is 0 Å². The third kappa shape index (κ3) is 3.16. The minimum atomic E-state index is 0.430. The van der Waals surface area contributed by atoms with Crippen LogP contribution in [0.5, 0.6) is 0 Å². The molecule has 14 heavy (non-hydrogen) atoms. The summed E-state index contributed by atoms with van der Waals surface area (Å²) in [6.45, 7) is 2.14. The number of nitrogens with one attached hydrogen (secondary N) is 1. The Labute approximate surface area is 90.2 Å². The molecule has 1 N–H and O–H groups in total. The van der Waals surface area contributed by atoms with Crippen molar-refractivity contribution < 1.29 is 0 Å². The molecule has 1 unspecified atom stereocenters. The Morgan fingerprint density at radius 1 is 1.43 bits per heavy atom. The zero-order valence-electron chi connectivity index (χ0n) is 9.24. The van der Waals surface area contributed by atoms with Crippen LogP contribution in [0.4, 0.5) is 5.00 Å². The smallest absolute Gasteiger partial charge is 0.0909 e. The molecule has 0 aliphatic heterocycles. The highest BCUT2D eigenvalue weighted by Gasteiger charge is 1.98. The van der Waals surface area contributed by atoms with Gasteiger partial charge < -0.3 is 10.2 Å². The standard InChI is InChI=1S/C11H18N2S/c1-9(12-2)5-6-10-7-8-11(14-10)13(3)4/h5-9,12H,1-4H3/b6-5+. The van der Waals surface area contributed by atoms with E-state index in [1.165, 1.54) is 9.88 Å². The molecular formula is C11H18N2S. The summed E-state index contributed by atoms with van der Waals surface area (Å²) >= 11 is 1.80. The van der Waals surface area contributed by atoms with Gasteiger partial charge in [-0.05, 0) is 32.2 Å². The van der Waals surface area contributed by atoms with Gasteiger partial charge in [0.2, 0.25) is 0 Å². The molecule has 1 atom stereocenters. The van der Waals surface area contributed by atoms with Crippen molar-refractivity contribution in [1.82, 2.24) is 5.32 Å². The van der Waals surface area contributed by atoms with E-state index in [2.05, 4.69) is 55.5 Å². The highest BCUT2D eigenvalue weighted by molar-refractivity contribution is 7.16. The minimum absolute atomic E-state index is 0.430. The summed E-state index contributed by atoms with van der Waals surface area (Å²) in [4.78, 5) is 3.43. The second-order valence-electron chi connectivity index (χ2n) is 3.51. The SMILES string of the molecule is CNC(C)/C=C/c1ccc(N(C)C)s1. The van der Waals surface area contributed by atoms with Gasteiger partial charge in [0, 0.05) is 25.0 Å². The molecule has 2 nitrogen and oxygen atoms in total. The van der Waals surface area contributed by atoms with Gasteiger partial charge in [-0.25, -0.2) is 0 Å². The molecule has 0 fully saturated rings. The van der Waals surface area contributed by atoms with Crippen molar-refractivity contribution >= 4 is 22.4 Å². The van der Waals surface area contributed by atoms with Crippen LogP contribution in [0.1, 0.15) is 11.8 Å². The molecule has 0 saturated heterocycles. The summed E-state index contributed by atoms with van der Waals surface area (Å²) in [7, 11) is 6.10. The van der Waals surface area contributed by atoms with E-state index in [4.69, 9.17) is 0 Å². The molecule has 0 bridgehead atoms. The summed E-state index contributed by atoms with van der Waals surface area (Å²) in [5.74, 6) is 0. The zero-order valence-corrected chi connectivity index (χ0v) is 10.1. The number of rotatable bonds is 4. The van der Waals surface area contributed by atoms with Gasteiger partial charge in [0.05, 0.1) is 5.00 Å². The summed E-state index contributed by atoms with van der Waals surface area (Å²) < 4.78 is 0. The van der Waals surface area contributed by atoms with Crippen molar-refractivity contribution in [3.63, 3.8) is 0 Å². The van der Waals surface area contributed by atoms with Crippen molar-refractivity contribution in [1.29, 1.82) is 0 Å². The number of thiophene rings is 1. The third-order valence-corrected chi connectivity index (χ3v) is 3.28. The molecule has 1 aromatic rings. The van der Waals surface area contributed by atoms with Gasteiger partial charge in [-0.15, -0.1) is 11.3 Å². The van der Waals surface area contributed by atoms with Crippen LogP contribution in [-0.2, 0) is 0 Å². The van der Waals surface area contributed by atoms with Crippen LogP contribution < -0.4 is 10.2 Å². The highest BCUT2D eigenvalue weighted by Crippen LogP contribution is 2.25. The van der Waals surface area contributed by atoms with Crippen LogP contribution in [0.25, 0.3) is 6.08 Å². The van der Waals surface area contributed by atoms with Crippen LogP contribution in [0.15, 0.2) is 18.2 Å². The fourth-order valence-electron chi connectivity index (χ4n) is 1.01. The molecule has 0 saturated carbocycles. The van der Waals surface area contributed by atoms with Gasteiger partial charge in [-0.1, -0.05) is 6.08 Å². The largest absolute Gasteiger partial charge is 0.370 e. The maximum Gasteiger partial charge on any atom is 0.0909 e. The molecule has 0 aromatic carbocycles. The number of hydrogen-bond donors (Lipinski definition) is 1. The summed E-state index contributed by atoms with van der Waals surface area (Å²) in [5.41, 5.74) is 0. The molecule has 0 radical (unpaired) electrons. The lowest BCUT2D eigenvalue weighted by molar-refractivity contribution is 0.732. The van der Waals surface area contributed by atoms with E-state index in [0.29, 0.717) is 6.04 Å². The number of hydrogen-bond acceptors (Lipinski definition) is 3. The predicted octanol–water partition coefficient (Wildman–Crippen LogP) is 2.44. The quantitative estimate of drug-likeness (QED) is 0.821. The van der Waals surface area contributed by atoms with Crippen molar-refractivity contribution in [3.05, 3.63) is 23.1 Å². The second-order valence-corrected chi connectivity index (χ2v) is 4.60. The molecule has 1 rings (SSSR count). The van der Waals surface area contributed by atoms with E-state index in [1.54, 1.807) is 11.3 Å². The lowest BCUT2D eigenvalue weighted by atomic mass is 10.3. The molecule has 0 aliphatic carbocycles. The van der Waals surface area contributed by atoms with Crippen LogP contribution in [0.3, 0.4) is 0 Å². The van der Waals surface area contributed by atoms with Crippen LogP contribution in [0.2, 0.25) is 0 Å². The minimum Gasteiger partial charge on any atom is -0.370 e. The Kier molecular flexibility index (Phi) is 4.17. The molecule has 78 valence electrons. The molecule has 1 aromatic heterocycles. The first-order valence-corrected chi connectivity index (χ1v) is 5.57. The predicted molar refractivity (Wildman–Crippen MR) is 66.2 cm³/mol. The van der Waals surface area contributed by atoms with E-state index in [9.17, 15) is 0 Å². The fraction of sp³-hybridized carbons (Fsp3) is 0.455.